The summed E-state index contributed by atoms with van der Waals surface area (Å²) >= 11 is 0. The summed E-state index contributed by atoms with van der Waals surface area (Å²) in [6.07, 6.45) is 1.99. The van der Waals surface area contributed by atoms with Crippen LogP contribution >= 0.6 is 14.7 Å². The molecule has 1 aliphatic carbocycles. The van der Waals surface area contributed by atoms with Crippen molar-refractivity contribution in [2.75, 3.05) is 39.6 Å². The van der Waals surface area contributed by atoms with E-state index in [1.165, 1.54) is 0 Å². The van der Waals surface area contributed by atoms with Crippen LogP contribution in [-0.4, -0.2) is 51.8 Å². The molecule has 0 fully saturated rings. The fraction of sp³-hybridized carbons (Fsp3) is 0.148. The summed E-state index contributed by atoms with van der Waals surface area (Å²) in [5, 5.41) is 2.36. The third kappa shape index (κ3) is 10.6. The average molecular weight is 979 g/mol. The van der Waals surface area contributed by atoms with Gasteiger partial charge in [-0.15, -0.1) is 13.2 Å². The SMILES string of the molecule is C=CCOCC(COc1ccc(C2(c3ccc(OCC(COCC=C)OP(=O)(c4ccccc4)c4ccccc4)cc3)c3ccccc3-c3ccccc32)cc1)OP(=O)(c1ccccc1)c1ccccc1. The van der Waals surface area contributed by atoms with Crippen molar-refractivity contribution >= 4 is 36.0 Å². The molecule has 0 bridgehead atoms. The van der Waals surface area contributed by atoms with Crippen LogP contribution in [0.2, 0.25) is 0 Å². The van der Waals surface area contributed by atoms with Crippen molar-refractivity contribution in [3.8, 4) is 22.6 Å². The van der Waals surface area contributed by atoms with Gasteiger partial charge >= 0.3 is 0 Å². The van der Waals surface area contributed by atoms with E-state index in [-0.39, 0.29) is 26.4 Å². The van der Waals surface area contributed by atoms with Gasteiger partial charge in [0, 0.05) is 21.2 Å². The average Bonchev–Trinajstić information content (AvgIpc) is 3.74. The van der Waals surface area contributed by atoms with Crippen molar-refractivity contribution in [3.63, 3.8) is 0 Å². The fourth-order valence-electron chi connectivity index (χ4n) is 9.25. The van der Waals surface area contributed by atoms with E-state index in [1.807, 2.05) is 146 Å². The molecule has 9 rings (SSSR count). The molecule has 2 atom stereocenters. The number of ether oxygens (including phenoxy) is 4. The molecule has 0 heterocycles. The van der Waals surface area contributed by atoms with Gasteiger partial charge < -0.3 is 28.0 Å². The Morgan fingerprint density at radius 2 is 0.704 bits per heavy atom. The molecule has 8 nitrogen and oxygen atoms in total. The van der Waals surface area contributed by atoms with E-state index in [0.717, 1.165) is 33.4 Å². The molecule has 10 heteroatoms. The lowest BCUT2D eigenvalue weighted by Gasteiger charge is -2.34. The molecule has 0 radical (unpaired) electrons. The van der Waals surface area contributed by atoms with Gasteiger partial charge in [-0.2, -0.15) is 0 Å². The minimum atomic E-state index is -3.55. The maximum absolute atomic E-state index is 14.9. The van der Waals surface area contributed by atoms with E-state index in [1.54, 1.807) is 12.2 Å². The highest BCUT2D eigenvalue weighted by Crippen LogP contribution is 2.56. The summed E-state index contributed by atoms with van der Waals surface area (Å²) in [4.78, 5) is 0. The molecule has 2 unspecified atom stereocenters. The first-order valence-electron chi connectivity index (χ1n) is 23.7. The number of rotatable bonds is 24. The minimum absolute atomic E-state index is 0.0841. The van der Waals surface area contributed by atoms with Gasteiger partial charge in [0.25, 0.3) is 14.7 Å². The summed E-state index contributed by atoms with van der Waals surface area (Å²) in [6, 6.07) is 70.6. The topological polar surface area (TPSA) is 89.5 Å². The van der Waals surface area contributed by atoms with E-state index >= 15 is 0 Å². The van der Waals surface area contributed by atoms with Gasteiger partial charge in [0.15, 0.2) is 0 Å². The summed E-state index contributed by atoms with van der Waals surface area (Å²) in [7, 11) is -7.10. The lowest BCUT2D eigenvalue weighted by atomic mass is 9.68. The summed E-state index contributed by atoms with van der Waals surface area (Å²) in [5.41, 5.74) is 6.01. The summed E-state index contributed by atoms with van der Waals surface area (Å²) in [6.45, 7) is 8.66. The molecule has 71 heavy (non-hydrogen) atoms. The van der Waals surface area contributed by atoms with Gasteiger partial charge in [-0.1, -0.05) is 158 Å². The van der Waals surface area contributed by atoms with E-state index < -0.39 is 32.4 Å². The third-order valence-corrected chi connectivity index (χ3v) is 17.6. The molecule has 0 N–H and O–H groups in total. The lowest BCUT2D eigenvalue weighted by molar-refractivity contribution is 0.0399. The second-order valence-electron chi connectivity index (χ2n) is 17.1. The van der Waals surface area contributed by atoms with Gasteiger partial charge in [0.2, 0.25) is 0 Å². The molecule has 8 aromatic rings. The number of fused-ring (bicyclic) bond motifs is 3. The largest absolute Gasteiger partial charge is 0.491 e. The quantitative estimate of drug-likeness (QED) is 0.0336. The second-order valence-corrected chi connectivity index (χ2v) is 21.8. The fourth-order valence-corrected chi connectivity index (χ4v) is 13.7. The van der Waals surface area contributed by atoms with Crippen molar-refractivity contribution < 1.29 is 37.1 Å². The van der Waals surface area contributed by atoms with Crippen LogP contribution < -0.4 is 30.7 Å². The van der Waals surface area contributed by atoms with Crippen molar-refractivity contribution in [1.29, 1.82) is 0 Å². The Labute approximate surface area is 417 Å². The Morgan fingerprint density at radius 3 is 1.03 bits per heavy atom. The van der Waals surface area contributed by atoms with Crippen LogP contribution in [0.4, 0.5) is 0 Å². The van der Waals surface area contributed by atoms with Gasteiger partial charge in [-0.05, 0) is 106 Å². The van der Waals surface area contributed by atoms with Crippen molar-refractivity contribution in [2.45, 2.75) is 17.6 Å². The number of hydrogen-bond acceptors (Lipinski definition) is 8. The Kier molecular flexibility index (Phi) is 15.9. The standard InChI is InChI=1S/C61H56O8P2/c1-3-41-64-43-51(68-70(62,53-21-9-5-10-22-53)54-23-11-6-12-24-54)45-66-49-37-33-47(34-38-49)61(59-31-19-17-29-57(59)58-30-18-20-32-60(58)61)48-35-39-50(40-36-48)67-46-52(44-65-42-4-2)69-71(63,55-25-13-7-14-26-55)56-27-15-8-16-28-56/h3-40,51-52H,1-2,41-46H2. The van der Waals surface area contributed by atoms with Crippen LogP contribution in [0.25, 0.3) is 11.1 Å². The highest BCUT2D eigenvalue weighted by atomic mass is 31.2. The monoisotopic (exact) mass is 978 g/mol. The molecule has 8 aromatic carbocycles. The molecule has 0 spiro atoms. The van der Waals surface area contributed by atoms with Gasteiger partial charge in [0.05, 0.1) is 31.8 Å². The molecule has 358 valence electrons. The van der Waals surface area contributed by atoms with Crippen LogP contribution in [0.5, 0.6) is 11.5 Å². The zero-order valence-corrected chi connectivity index (χ0v) is 41.2. The van der Waals surface area contributed by atoms with Gasteiger partial charge in [-0.3, -0.25) is 9.13 Å². The molecule has 0 saturated carbocycles. The number of hydrogen-bond donors (Lipinski definition) is 0. The molecule has 0 amide bonds. The van der Waals surface area contributed by atoms with Crippen molar-refractivity contribution in [3.05, 3.63) is 266 Å². The highest BCUT2D eigenvalue weighted by Gasteiger charge is 2.46. The first kappa shape index (κ1) is 49.1. The third-order valence-electron chi connectivity index (χ3n) is 12.5. The Balaban J connectivity index is 0.997. The van der Waals surface area contributed by atoms with E-state index in [0.29, 0.717) is 45.9 Å². The molecule has 0 aliphatic heterocycles. The molecule has 0 aromatic heterocycles. The molecular formula is C61H56O8P2. The minimum Gasteiger partial charge on any atom is -0.491 e. The zero-order chi connectivity index (χ0) is 48.9. The van der Waals surface area contributed by atoms with Crippen LogP contribution in [0.3, 0.4) is 0 Å². The number of benzene rings is 8. The van der Waals surface area contributed by atoms with E-state index in [2.05, 4.69) is 86.0 Å². The smallest absolute Gasteiger partial charge is 0.261 e. The van der Waals surface area contributed by atoms with E-state index in [9.17, 15) is 9.13 Å². The van der Waals surface area contributed by atoms with Crippen molar-refractivity contribution in [1.82, 2.24) is 0 Å². The molecule has 0 saturated heterocycles. The van der Waals surface area contributed by atoms with Crippen LogP contribution in [0.1, 0.15) is 22.3 Å². The summed E-state index contributed by atoms with van der Waals surface area (Å²) < 4.78 is 67.8. The van der Waals surface area contributed by atoms with Crippen LogP contribution in [-0.2, 0) is 33.1 Å². The Bertz CT molecular complexity index is 2800. The normalized spacial score (nSPS) is 13.6. The van der Waals surface area contributed by atoms with Gasteiger partial charge in [-0.25, -0.2) is 0 Å². The summed E-state index contributed by atoms with van der Waals surface area (Å²) in [5.74, 6) is 1.24. The Morgan fingerprint density at radius 1 is 0.394 bits per heavy atom. The molecule has 1 aliphatic rings. The highest BCUT2D eigenvalue weighted by molar-refractivity contribution is 7.74. The zero-order valence-electron chi connectivity index (χ0n) is 39.4. The lowest BCUT2D eigenvalue weighted by Crippen LogP contribution is -2.31. The molecular weight excluding hydrogens is 923 g/mol. The Hall–Kier alpha value is -6.86. The predicted octanol–water partition coefficient (Wildman–Crippen LogP) is 11.8. The first-order chi connectivity index (χ1) is 34.9. The van der Waals surface area contributed by atoms with E-state index in [4.69, 9.17) is 28.0 Å². The predicted molar refractivity (Wildman–Crippen MR) is 286 cm³/mol. The first-order valence-corrected chi connectivity index (χ1v) is 26.9. The maximum atomic E-state index is 14.9. The van der Waals surface area contributed by atoms with Crippen molar-refractivity contribution in [2.24, 2.45) is 0 Å². The van der Waals surface area contributed by atoms with Crippen LogP contribution in [0.15, 0.2) is 244 Å². The second kappa shape index (κ2) is 22.9. The maximum Gasteiger partial charge on any atom is 0.261 e. The van der Waals surface area contributed by atoms with Gasteiger partial charge in [0.1, 0.15) is 36.9 Å². The van der Waals surface area contributed by atoms with Crippen LogP contribution in [0, 0.1) is 0 Å².